The molecule has 0 aliphatic carbocycles. The summed E-state index contributed by atoms with van der Waals surface area (Å²) in [6.07, 6.45) is 0. The molecule has 2 nitrogen and oxygen atoms in total. The minimum absolute atomic E-state index is 0.0854. The van der Waals surface area contributed by atoms with Crippen molar-refractivity contribution in [3.63, 3.8) is 0 Å². The Morgan fingerprint density at radius 2 is 1.81 bits per heavy atom. The number of rotatable bonds is 4. The molecule has 3 heteroatoms. The highest BCUT2D eigenvalue weighted by molar-refractivity contribution is 7.81. The molecular weight excluding hydrogens is 218 g/mol. The molecule has 0 N–H and O–H groups in total. The Morgan fingerprint density at radius 1 is 1.25 bits per heavy atom. The van der Waals surface area contributed by atoms with E-state index in [0.717, 1.165) is 5.56 Å². The Hall–Kier alpha value is -0.960. The van der Waals surface area contributed by atoms with Gasteiger partial charge in [-0.25, -0.2) is 0 Å². The standard InChI is InChI=1S/C13H19NOS/c1-10(2)14(13(15)11(3)16)9-12-7-5-4-6-8-12/h4-8,10-11,16H,9H2,1-3H3. The molecule has 0 aliphatic heterocycles. The van der Waals surface area contributed by atoms with Crippen molar-refractivity contribution in [2.24, 2.45) is 0 Å². The van der Waals surface area contributed by atoms with Crippen LogP contribution in [0.1, 0.15) is 26.3 Å². The van der Waals surface area contributed by atoms with Crippen LogP contribution in [0.3, 0.4) is 0 Å². The predicted molar refractivity (Wildman–Crippen MR) is 70.6 cm³/mol. The lowest BCUT2D eigenvalue weighted by atomic mass is 10.2. The van der Waals surface area contributed by atoms with E-state index in [2.05, 4.69) is 12.6 Å². The molecule has 0 saturated carbocycles. The van der Waals surface area contributed by atoms with Gasteiger partial charge in [0.1, 0.15) is 0 Å². The summed E-state index contributed by atoms with van der Waals surface area (Å²) < 4.78 is 0. The summed E-state index contributed by atoms with van der Waals surface area (Å²) in [5.41, 5.74) is 1.15. The number of benzene rings is 1. The van der Waals surface area contributed by atoms with Crippen LogP contribution in [0.15, 0.2) is 30.3 Å². The molecule has 16 heavy (non-hydrogen) atoms. The fourth-order valence-corrected chi connectivity index (χ4v) is 1.68. The van der Waals surface area contributed by atoms with Gasteiger partial charge in [-0.1, -0.05) is 30.3 Å². The highest BCUT2D eigenvalue weighted by Gasteiger charge is 2.20. The summed E-state index contributed by atoms with van der Waals surface area (Å²) in [6.45, 7) is 6.52. The van der Waals surface area contributed by atoms with E-state index in [-0.39, 0.29) is 17.2 Å². The van der Waals surface area contributed by atoms with Gasteiger partial charge in [-0.05, 0) is 26.3 Å². The number of thiol groups is 1. The fourth-order valence-electron chi connectivity index (χ4n) is 1.54. The second kappa shape index (κ2) is 5.94. The molecule has 0 heterocycles. The number of nitrogens with zero attached hydrogens (tertiary/aromatic N) is 1. The molecule has 0 saturated heterocycles. The van der Waals surface area contributed by atoms with Gasteiger partial charge in [-0.3, -0.25) is 4.79 Å². The highest BCUT2D eigenvalue weighted by Crippen LogP contribution is 2.11. The maximum absolute atomic E-state index is 11.9. The summed E-state index contributed by atoms with van der Waals surface area (Å²) >= 11 is 4.20. The first-order valence-electron chi connectivity index (χ1n) is 5.55. The first kappa shape index (κ1) is 13.1. The average Bonchev–Trinajstić information content (AvgIpc) is 2.26. The molecule has 0 fully saturated rings. The van der Waals surface area contributed by atoms with E-state index in [4.69, 9.17) is 0 Å². The van der Waals surface area contributed by atoms with Crippen LogP contribution in [0.4, 0.5) is 0 Å². The summed E-state index contributed by atoms with van der Waals surface area (Å²) in [6, 6.07) is 10.2. The van der Waals surface area contributed by atoms with Crippen molar-refractivity contribution in [1.82, 2.24) is 4.90 Å². The minimum atomic E-state index is -0.244. The molecule has 88 valence electrons. The van der Waals surface area contributed by atoms with Crippen molar-refractivity contribution in [1.29, 1.82) is 0 Å². The van der Waals surface area contributed by atoms with E-state index < -0.39 is 0 Å². The zero-order chi connectivity index (χ0) is 12.1. The van der Waals surface area contributed by atoms with Crippen LogP contribution < -0.4 is 0 Å². The van der Waals surface area contributed by atoms with E-state index in [1.807, 2.05) is 56.0 Å². The summed E-state index contributed by atoms with van der Waals surface area (Å²) in [7, 11) is 0. The first-order chi connectivity index (χ1) is 7.52. The van der Waals surface area contributed by atoms with Gasteiger partial charge in [0.25, 0.3) is 0 Å². The van der Waals surface area contributed by atoms with Crippen molar-refractivity contribution in [2.75, 3.05) is 0 Å². The third kappa shape index (κ3) is 3.56. The van der Waals surface area contributed by atoms with Gasteiger partial charge in [0.05, 0.1) is 5.25 Å². The van der Waals surface area contributed by atoms with Crippen molar-refractivity contribution in [2.45, 2.75) is 38.6 Å². The molecule has 0 spiro atoms. The smallest absolute Gasteiger partial charge is 0.235 e. The number of carbonyl (C=O) groups excluding carboxylic acids is 1. The Morgan fingerprint density at radius 3 is 2.25 bits per heavy atom. The summed E-state index contributed by atoms with van der Waals surface area (Å²) in [4.78, 5) is 13.8. The van der Waals surface area contributed by atoms with Gasteiger partial charge >= 0.3 is 0 Å². The van der Waals surface area contributed by atoms with Crippen LogP contribution >= 0.6 is 12.6 Å². The van der Waals surface area contributed by atoms with Crippen LogP contribution in [0, 0.1) is 0 Å². The van der Waals surface area contributed by atoms with Gasteiger partial charge in [-0.15, -0.1) is 0 Å². The molecule has 0 radical (unpaired) electrons. The van der Waals surface area contributed by atoms with Gasteiger partial charge in [0.15, 0.2) is 0 Å². The monoisotopic (exact) mass is 237 g/mol. The second-order valence-electron chi connectivity index (χ2n) is 4.22. The number of hydrogen-bond donors (Lipinski definition) is 1. The zero-order valence-electron chi connectivity index (χ0n) is 10.1. The first-order valence-corrected chi connectivity index (χ1v) is 6.06. The van der Waals surface area contributed by atoms with Crippen LogP contribution in [-0.4, -0.2) is 22.1 Å². The van der Waals surface area contributed by atoms with Crippen LogP contribution in [0.2, 0.25) is 0 Å². The molecular formula is C13H19NOS. The van der Waals surface area contributed by atoms with Crippen molar-refractivity contribution >= 4 is 18.5 Å². The van der Waals surface area contributed by atoms with E-state index in [9.17, 15) is 4.79 Å². The highest BCUT2D eigenvalue weighted by atomic mass is 32.1. The van der Waals surface area contributed by atoms with Crippen LogP contribution in [0.5, 0.6) is 0 Å². The van der Waals surface area contributed by atoms with Gasteiger partial charge in [-0.2, -0.15) is 12.6 Å². The van der Waals surface area contributed by atoms with Gasteiger partial charge in [0, 0.05) is 12.6 Å². The third-order valence-electron chi connectivity index (χ3n) is 2.46. The SMILES string of the molecule is CC(S)C(=O)N(Cc1ccccc1)C(C)C. The molecule has 1 atom stereocenters. The Bertz CT molecular complexity index is 335. The Kier molecular flexibility index (Phi) is 4.87. The molecule has 0 bridgehead atoms. The molecule has 1 unspecified atom stereocenters. The quantitative estimate of drug-likeness (QED) is 0.798. The normalized spacial score (nSPS) is 12.6. The topological polar surface area (TPSA) is 20.3 Å². The number of hydrogen-bond acceptors (Lipinski definition) is 2. The molecule has 1 amide bonds. The van der Waals surface area contributed by atoms with Gasteiger partial charge in [0.2, 0.25) is 5.91 Å². The summed E-state index contributed by atoms with van der Waals surface area (Å²) in [5, 5.41) is -0.244. The van der Waals surface area contributed by atoms with Crippen molar-refractivity contribution in [3.05, 3.63) is 35.9 Å². The lowest BCUT2D eigenvalue weighted by Gasteiger charge is -2.28. The van der Waals surface area contributed by atoms with E-state index >= 15 is 0 Å². The molecule has 1 rings (SSSR count). The predicted octanol–water partition coefficient (Wildman–Crippen LogP) is 2.74. The maximum atomic E-state index is 11.9. The third-order valence-corrected chi connectivity index (χ3v) is 2.68. The van der Waals surface area contributed by atoms with E-state index in [1.54, 1.807) is 0 Å². The average molecular weight is 237 g/mol. The lowest BCUT2D eigenvalue weighted by molar-refractivity contribution is -0.132. The second-order valence-corrected chi connectivity index (χ2v) is 5.00. The Labute approximate surface area is 103 Å². The number of carbonyl (C=O) groups is 1. The van der Waals surface area contributed by atoms with Crippen LogP contribution in [0.25, 0.3) is 0 Å². The fraction of sp³-hybridized carbons (Fsp3) is 0.462. The van der Waals surface area contributed by atoms with Crippen LogP contribution in [-0.2, 0) is 11.3 Å². The van der Waals surface area contributed by atoms with Gasteiger partial charge < -0.3 is 4.90 Å². The number of amides is 1. The minimum Gasteiger partial charge on any atom is -0.335 e. The Balaban J connectivity index is 2.77. The largest absolute Gasteiger partial charge is 0.335 e. The van der Waals surface area contributed by atoms with Crippen molar-refractivity contribution < 1.29 is 4.79 Å². The van der Waals surface area contributed by atoms with E-state index in [1.165, 1.54) is 0 Å². The zero-order valence-corrected chi connectivity index (χ0v) is 10.9. The van der Waals surface area contributed by atoms with Crippen molar-refractivity contribution in [3.8, 4) is 0 Å². The lowest BCUT2D eigenvalue weighted by Crippen LogP contribution is -2.40. The molecule has 1 aromatic rings. The molecule has 1 aromatic carbocycles. The molecule has 0 aromatic heterocycles. The van der Waals surface area contributed by atoms with E-state index in [0.29, 0.717) is 6.54 Å². The molecule has 0 aliphatic rings. The maximum Gasteiger partial charge on any atom is 0.235 e. The summed E-state index contributed by atoms with van der Waals surface area (Å²) in [5.74, 6) is 0.0854.